The molecule has 1 heterocycles. The molecule has 3 nitrogen and oxygen atoms in total. The van der Waals surface area contributed by atoms with Gasteiger partial charge < -0.3 is 10.0 Å². The monoisotopic (exact) mass is 171 g/mol. The van der Waals surface area contributed by atoms with Crippen LogP contribution in [0.15, 0.2) is 0 Å². The summed E-state index contributed by atoms with van der Waals surface area (Å²) in [6, 6.07) is 0. The van der Waals surface area contributed by atoms with Gasteiger partial charge in [-0.1, -0.05) is 6.92 Å². The van der Waals surface area contributed by atoms with Gasteiger partial charge in [-0.25, -0.2) is 0 Å². The number of carbonyl (C=O) groups excluding carboxylic acids is 1. The summed E-state index contributed by atoms with van der Waals surface area (Å²) in [4.78, 5) is 13.2. The third-order valence-corrected chi connectivity index (χ3v) is 2.83. The molecule has 0 spiro atoms. The summed E-state index contributed by atoms with van der Waals surface area (Å²) in [5.41, 5.74) is -0.326. The second-order valence-corrected chi connectivity index (χ2v) is 3.66. The van der Waals surface area contributed by atoms with Gasteiger partial charge in [-0.15, -0.1) is 0 Å². The van der Waals surface area contributed by atoms with Crippen LogP contribution < -0.4 is 0 Å². The van der Waals surface area contributed by atoms with Crippen LogP contribution in [0, 0.1) is 0 Å². The first kappa shape index (κ1) is 9.52. The fourth-order valence-electron chi connectivity index (χ4n) is 1.61. The number of aliphatic hydroxyl groups is 1. The molecule has 3 heteroatoms. The molecule has 0 aromatic rings. The summed E-state index contributed by atoms with van der Waals surface area (Å²) in [6.45, 7) is 4.82. The zero-order valence-corrected chi connectivity index (χ0v) is 7.84. The van der Waals surface area contributed by atoms with Crippen molar-refractivity contribution in [1.82, 2.24) is 4.90 Å². The molecule has 12 heavy (non-hydrogen) atoms. The van der Waals surface area contributed by atoms with Gasteiger partial charge in [0.25, 0.3) is 0 Å². The fourth-order valence-corrected chi connectivity index (χ4v) is 1.61. The Hall–Kier alpha value is -0.570. The molecule has 1 atom stereocenters. The number of nitrogens with zero attached hydrogens (tertiary/aromatic N) is 1. The van der Waals surface area contributed by atoms with Crippen LogP contribution in [0.3, 0.4) is 0 Å². The summed E-state index contributed by atoms with van der Waals surface area (Å²) in [6.07, 6.45) is 2.40. The highest BCUT2D eigenvalue weighted by molar-refractivity contribution is 5.78. The molecule has 0 aliphatic carbocycles. The zero-order valence-electron chi connectivity index (χ0n) is 7.84. The maximum absolute atomic E-state index is 11.4. The van der Waals surface area contributed by atoms with Gasteiger partial charge in [-0.3, -0.25) is 4.79 Å². The highest BCUT2D eigenvalue weighted by atomic mass is 16.3. The van der Waals surface area contributed by atoms with Crippen LogP contribution in [0.1, 0.15) is 33.1 Å². The van der Waals surface area contributed by atoms with E-state index in [1.807, 2.05) is 18.7 Å². The van der Waals surface area contributed by atoms with Crippen molar-refractivity contribution in [2.45, 2.75) is 38.6 Å². The largest absolute Gasteiger partial charge is 0.394 e. The molecule has 1 aliphatic heterocycles. The smallest absolute Gasteiger partial charge is 0.223 e. The van der Waals surface area contributed by atoms with Gasteiger partial charge in [0.05, 0.1) is 12.1 Å². The van der Waals surface area contributed by atoms with E-state index in [-0.39, 0.29) is 18.1 Å². The standard InChI is InChI=1S/C9H17NO2/c1-3-9(2,7-11)10-6-4-5-8(10)12/h11H,3-7H2,1-2H3. The minimum Gasteiger partial charge on any atom is -0.394 e. The molecule has 1 amide bonds. The number of hydrogen-bond acceptors (Lipinski definition) is 2. The third kappa shape index (κ3) is 1.46. The van der Waals surface area contributed by atoms with Crippen molar-refractivity contribution in [3.8, 4) is 0 Å². The Kier molecular flexibility index (Phi) is 2.73. The van der Waals surface area contributed by atoms with Gasteiger partial charge in [0.2, 0.25) is 5.91 Å². The van der Waals surface area contributed by atoms with E-state index in [0.717, 1.165) is 19.4 Å². The van der Waals surface area contributed by atoms with Crippen molar-refractivity contribution >= 4 is 5.91 Å². The fraction of sp³-hybridized carbons (Fsp3) is 0.889. The van der Waals surface area contributed by atoms with Gasteiger partial charge in [-0.2, -0.15) is 0 Å². The second-order valence-electron chi connectivity index (χ2n) is 3.66. The van der Waals surface area contributed by atoms with Crippen LogP contribution in [0.2, 0.25) is 0 Å². The number of aliphatic hydroxyl groups excluding tert-OH is 1. The second kappa shape index (κ2) is 3.44. The lowest BCUT2D eigenvalue weighted by molar-refractivity contribution is -0.134. The van der Waals surface area contributed by atoms with Crippen molar-refractivity contribution < 1.29 is 9.90 Å². The van der Waals surface area contributed by atoms with Crippen LogP contribution >= 0.6 is 0 Å². The summed E-state index contributed by atoms with van der Waals surface area (Å²) < 4.78 is 0. The zero-order chi connectivity index (χ0) is 9.19. The minimum atomic E-state index is -0.326. The molecule has 1 N–H and O–H groups in total. The molecule has 1 unspecified atom stereocenters. The van der Waals surface area contributed by atoms with Crippen molar-refractivity contribution in [3.63, 3.8) is 0 Å². The van der Waals surface area contributed by atoms with Gasteiger partial charge in [0, 0.05) is 13.0 Å². The van der Waals surface area contributed by atoms with Crippen molar-refractivity contribution in [3.05, 3.63) is 0 Å². The highest BCUT2D eigenvalue weighted by Crippen LogP contribution is 2.24. The molecular weight excluding hydrogens is 154 g/mol. The SMILES string of the molecule is CCC(C)(CO)N1CCCC1=O. The van der Waals surface area contributed by atoms with E-state index < -0.39 is 0 Å². The summed E-state index contributed by atoms with van der Waals surface area (Å²) in [7, 11) is 0. The molecule has 1 aliphatic rings. The quantitative estimate of drug-likeness (QED) is 0.681. The first-order chi connectivity index (χ1) is 5.64. The average Bonchev–Trinajstić information content (AvgIpc) is 2.51. The lowest BCUT2D eigenvalue weighted by Crippen LogP contribution is -2.49. The van der Waals surface area contributed by atoms with Crippen molar-refractivity contribution in [1.29, 1.82) is 0 Å². The Labute approximate surface area is 73.4 Å². The van der Waals surface area contributed by atoms with E-state index in [4.69, 9.17) is 5.11 Å². The highest BCUT2D eigenvalue weighted by Gasteiger charge is 2.35. The van der Waals surface area contributed by atoms with Crippen LogP contribution in [-0.2, 0) is 4.79 Å². The summed E-state index contributed by atoms with van der Waals surface area (Å²) in [5, 5.41) is 9.17. The van der Waals surface area contributed by atoms with E-state index in [2.05, 4.69) is 0 Å². The lowest BCUT2D eigenvalue weighted by Gasteiger charge is -2.36. The van der Waals surface area contributed by atoms with E-state index >= 15 is 0 Å². The number of likely N-dealkylation sites (tertiary alicyclic amines) is 1. The normalized spacial score (nSPS) is 22.9. The Morgan fingerprint density at radius 2 is 2.33 bits per heavy atom. The van der Waals surface area contributed by atoms with Gasteiger partial charge in [0.1, 0.15) is 0 Å². The van der Waals surface area contributed by atoms with Crippen LogP contribution in [-0.4, -0.2) is 34.6 Å². The Morgan fingerprint density at radius 3 is 2.67 bits per heavy atom. The molecule has 1 fully saturated rings. The number of hydrogen-bond donors (Lipinski definition) is 1. The van der Waals surface area contributed by atoms with Crippen LogP contribution in [0.4, 0.5) is 0 Å². The number of carbonyl (C=O) groups is 1. The predicted octanol–water partition coefficient (Wildman–Crippen LogP) is 0.770. The maximum Gasteiger partial charge on any atom is 0.223 e. The maximum atomic E-state index is 11.4. The van der Waals surface area contributed by atoms with Gasteiger partial charge in [-0.05, 0) is 19.8 Å². The van der Waals surface area contributed by atoms with Gasteiger partial charge >= 0.3 is 0 Å². The number of rotatable bonds is 3. The molecule has 0 bridgehead atoms. The van der Waals surface area contributed by atoms with Crippen LogP contribution in [0.5, 0.6) is 0 Å². The molecular formula is C9H17NO2. The Bertz CT molecular complexity index is 175. The molecule has 0 radical (unpaired) electrons. The molecule has 70 valence electrons. The predicted molar refractivity (Wildman–Crippen MR) is 46.7 cm³/mol. The average molecular weight is 171 g/mol. The Morgan fingerprint density at radius 1 is 1.67 bits per heavy atom. The van der Waals surface area contributed by atoms with Crippen molar-refractivity contribution in [2.24, 2.45) is 0 Å². The molecule has 0 aromatic carbocycles. The van der Waals surface area contributed by atoms with E-state index in [1.165, 1.54) is 0 Å². The van der Waals surface area contributed by atoms with E-state index in [9.17, 15) is 4.79 Å². The minimum absolute atomic E-state index is 0.0647. The molecule has 1 rings (SSSR count). The lowest BCUT2D eigenvalue weighted by atomic mass is 9.98. The van der Waals surface area contributed by atoms with Crippen LogP contribution in [0.25, 0.3) is 0 Å². The summed E-state index contributed by atoms with van der Waals surface area (Å²) in [5.74, 6) is 0.188. The molecule has 0 saturated carbocycles. The van der Waals surface area contributed by atoms with E-state index in [0.29, 0.717) is 6.42 Å². The topological polar surface area (TPSA) is 40.5 Å². The third-order valence-electron chi connectivity index (χ3n) is 2.83. The van der Waals surface area contributed by atoms with Crippen molar-refractivity contribution in [2.75, 3.05) is 13.2 Å². The number of amides is 1. The summed E-state index contributed by atoms with van der Waals surface area (Å²) >= 11 is 0. The first-order valence-electron chi connectivity index (χ1n) is 4.55. The van der Waals surface area contributed by atoms with E-state index in [1.54, 1.807) is 0 Å². The van der Waals surface area contributed by atoms with Gasteiger partial charge in [0.15, 0.2) is 0 Å². The molecule has 0 aromatic heterocycles. The first-order valence-corrected chi connectivity index (χ1v) is 4.55. The Balaban J connectivity index is 2.71. The molecule has 1 saturated heterocycles.